The molecule has 30 heavy (non-hydrogen) atoms. The van der Waals surface area contributed by atoms with E-state index in [0.717, 1.165) is 32.9 Å². The van der Waals surface area contributed by atoms with Crippen LogP contribution in [0.3, 0.4) is 0 Å². The van der Waals surface area contributed by atoms with Gasteiger partial charge in [-0.25, -0.2) is 0 Å². The molecule has 0 aliphatic carbocycles. The molecule has 1 atom stereocenters. The van der Waals surface area contributed by atoms with Crippen LogP contribution >= 0.6 is 11.3 Å². The molecule has 6 nitrogen and oxygen atoms in total. The van der Waals surface area contributed by atoms with Crippen molar-refractivity contribution in [2.24, 2.45) is 0 Å². The van der Waals surface area contributed by atoms with Crippen LogP contribution in [-0.2, 0) is 16.0 Å². The first-order valence-electron chi connectivity index (χ1n) is 9.95. The summed E-state index contributed by atoms with van der Waals surface area (Å²) in [5.41, 5.74) is 5.31. The number of hydrogen-bond acceptors (Lipinski definition) is 5. The number of rotatable bonds is 5. The monoisotopic (exact) mass is 420 g/mol. The Bertz CT molecular complexity index is 1070. The fourth-order valence-corrected chi connectivity index (χ4v) is 4.58. The SMILES string of the molecule is Cc1ccc(CC(=O)Nc2nnc(C3CC(=O)N(c4cc(C)cc(C)c4)C3)s2)cc1. The summed E-state index contributed by atoms with van der Waals surface area (Å²) in [5, 5.41) is 12.4. The highest BCUT2D eigenvalue weighted by Crippen LogP contribution is 2.34. The number of hydrogen-bond donors (Lipinski definition) is 1. The molecule has 1 saturated heterocycles. The summed E-state index contributed by atoms with van der Waals surface area (Å²) < 4.78 is 0. The van der Waals surface area contributed by atoms with Crippen LogP contribution < -0.4 is 10.2 Å². The van der Waals surface area contributed by atoms with Gasteiger partial charge in [0, 0.05) is 24.6 Å². The smallest absolute Gasteiger partial charge is 0.230 e. The first kappa shape index (κ1) is 20.2. The van der Waals surface area contributed by atoms with E-state index in [-0.39, 0.29) is 24.2 Å². The molecule has 0 radical (unpaired) electrons. The molecular weight excluding hydrogens is 396 g/mol. The topological polar surface area (TPSA) is 75.2 Å². The van der Waals surface area contributed by atoms with Gasteiger partial charge in [0.25, 0.3) is 0 Å². The quantitative estimate of drug-likeness (QED) is 0.672. The zero-order valence-electron chi connectivity index (χ0n) is 17.3. The number of aromatic nitrogens is 2. The van der Waals surface area contributed by atoms with Crippen LogP contribution in [-0.4, -0.2) is 28.6 Å². The molecule has 1 fully saturated rings. The van der Waals surface area contributed by atoms with E-state index in [1.807, 2.05) is 62.1 Å². The zero-order chi connectivity index (χ0) is 21.3. The van der Waals surface area contributed by atoms with E-state index in [1.165, 1.54) is 11.3 Å². The number of nitrogens with one attached hydrogen (secondary N) is 1. The lowest BCUT2D eigenvalue weighted by atomic mass is 10.1. The summed E-state index contributed by atoms with van der Waals surface area (Å²) in [4.78, 5) is 26.7. The van der Waals surface area contributed by atoms with E-state index in [0.29, 0.717) is 18.1 Å². The number of benzene rings is 2. The molecule has 4 rings (SSSR count). The fraction of sp³-hybridized carbons (Fsp3) is 0.304. The Morgan fingerprint density at radius 2 is 1.77 bits per heavy atom. The standard InChI is InChI=1S/C23H24N4O2S/c1-14-4-6-17(7-5-14)11-20(28)24-23-26-25-22(30-23)18-12-21(29)27(13-18)19-9-15(2)8-16(3)10-19/h4-10,18H,11-13H2,1-3H3,(H,24,26,28). The number of carbonyl (C=O) groups is 2. The Labute approximate surface area is 180 Å². The summed E-state index contributed by atoms with van der Waals surface area (Å²) in [7, 11) is 0. The lowest BCUT2D eigenvalue weighted by Crippen LogP contribution is -2.24. The fourth-order valence-electron chi connectivity index (χ4n) is 3.73. The number of amides is 2. The minimum absolute atomic E-state index is 0.0152. The Morgan fingerprint density at radius 3 is 2.47 bits per heavy atom. The van der Waals surface area contributed by atoms with Gasteiger partial charge in [0.05, 0.1) is 6.42 Å². The van der Waals surface area contributed by atoms with Crippen molar-refractivity contribution in [3.63, 3.8) is 0 Å². The predicted molar refractivity (Wildman–Crippen MR) is 119 cm³/mol. The third kappa shape index (κ3) is 4.57. The molecule has 0 saturated carbocycles. The van der Waals surface area contributed by atoms with Gasteiger partial charge in [0.1, 0.15) is 5.01 Å². The van der Waals surface area contributed by atoms with Crippen molar-refractivity contribution in [1.29, 1.82) is 0 Å². The second-order valence-corrected chi connectivity index (χ2v) is 8.92. The second kappa shape index (κ2) is 8.36. The van der Waals surface area contributed by atoms with Crippen molar-refractivity contribution in [2.75, 3.05) is 16.8 Å². The van der Waals surface area contributed by atoms with Gasteiger partial charge in [-0.05, 0) is 49.6 Å². The van der Waals surface area contributed by atoms with Gasteiger partial charge in [-0.1, -0.05) is 47.2 Å². The molecule has 2 aromatic carbocycles. The minimum atomic E-state index is -0.124. The molecule has 1 aliphatic rings. The van der Waals surface area contributed by atoms with Crippen LogP contribution in [0, 0.1) is 20.8 Å². The average molecular weight is 421 g/mol. The molecule has 7 heteroatoms. The summed E-state index contributed by atoms with van der Waals surface area (Å²) in [5.74, 6) is -0.0513. The van der Waals surface area contributed by atoms with Crippen LogP contribution in [0.5, 0.6) is 0 Å². The Hall–Kier alpha value is -3.06. The van der Waals surface area contributed by atoms with Gasteiger partial charge < -0.3 is 10.2 Å². The number of nitrogens with zero attached hydrogens (tertiary/aromatic N) is 3. The van der Waals surface area contributed by atoms with Crippen LogP contribution in [0.15, 0.2) is 42.5 Å². The lowest BCUT2D eigenvalue weighted by Gasteiger charge is -2.17. The first-order chi connectivity index (χ1) is 14.4. The highest BCUT2D eigenvalue weighted by Gasteiger charge is 2.34. The molecule has 1 aliphatic heterocycles. The van der Waals surface area contributed by atoms with E-state index in [9.17, 15) is 9.59 Å². The third-order valence-corrected chi connectivity index (χ3v) is 6.17. The maximum Gasteiger partial charge on any atom is 0.230 e. The molecular formula is C23H24N4O2S. The van der Waals surface area contributed by atoms with Crippen LogP contribution in [0.2, 0.25) is 0 Å². The van der Waals surface area contributed by atoms with Crippen LogP contribution in [0.1, 0.15) is 39.6 Å². The van der Waals surface area contributed by atoms with Gasteiger partial charge in [-0.15, -0.1) is 10.2 Å². The molecule has 1 unspecified atom stereocenters. The zero-order valence-corrected chi connectivity index (χ0v) is 18.1. The molecule has 1 N–H and O–H groups in total. The third-order valence-electron chi connectivity index (χ3n) is 5.16. The second-order valence-electron chi connectivity index (χ2n) is 7.91. The maximum atomic E-state index is 12.6. The summed E-state index contributed by atoms with van der Waals surface area (Å²) in [6.45, 7) is 6.66. The predicted octanol–water partition coefficient (Wildman–Crippen LogP) is 4.17. The Balaban J connectivity index is 1.40. The summed E-state index contributed by atoms with van der Waals surface area (Å²) in [6.07, 6.45) is 0.691. The van der Waals surface area contributed by atoms with Gasteiger partial charge in [0.15, 0.2) is 0 Å². The van der Waals surface area contributed by atoms with Crippen molar-refractivity contribution in [2.45, 2.75) is 39.5 Å². The number of anilines is 2. The van der Waals surface area contributed by atoms with Crippen molar-refractivity contribution in [3.05, 3.63) is 69.7 Å². The van der Waals surface area contributed by atoms with Crippen molar-refractivity contribution in [3.8, 4) is 0 Å². The molecule has 154 valence electrons. The van der Waals surface area contributed by atoms with E-state index in [4.69, 9.17) is 0 Å². The molecule has 0 bridgehead atoms. The van der Waals surface area contributed by atoms with E-state index < -0.39 is 0 Å². The van der Waals surface area contributed by atoms with Gasteiger partial charge in [0.2, 0.25) is 16.9 Å². The molecule has 2 heterocycles. The van der Waals surface area contributed by atoms with Crippen molar-refractivity contribution < 1.29 is 9.59 Å². The van der Waals surface area contributed by atoms with Crippen molar-refractivity contribution in [1.82, 2.24) is 10.2 Å². The average Bonchev–Trinajstić information content (AvgIpc) is 3.29. The largest absolute Gasteiger partial charge is 0.312 e. The molecule has 3 aromatic rings. The molecule has 1 aromatic heterocycles. The van der Waals surface area contributed by atoms with Crippen LogP contribution in [0.4, 0.5) is 10.8 Å². The van der Waals surface area contributed by atoms with E-state index in [1.54, 1.807) is 0 Å². The number of carbonyl (C=O) groups excluding carboxylic acids is 2. The van der Waals surface area contributed by atoms with E-state index in [2.05, 4.69) is 21.6 Å². The Morgan fingerprint density at radius 1 is 1.07 bits per heavy atom. The summed E-state index contributed by atoms with van der Waals surface area (Å²) in [6, 6.07) is 14.0. The van der Waals surface area contributed by atoms with Gasteiger partial charge in [-0.2, -0.15) is 0 Å². The first-order valence-corrected chi connectivity index (χ1v) is 10.8. The maximum absolute atomic E-state index is 12.6. The highest BCUT2D eigenvalue weighted by molar-refractivity contribution is 7.15. The van der Waals surface area contributed by atoms with E-state index >= 15 is 0 Å². The lowest BCUT2D eigenvalue weighted by molar-refractivity contribution is -0.117. The minimum Gasteiger partial charge on any atom is -0.312 e. The molecule has 0 spiro atoms. The number of aryl methyl sites for hydroxylation is 3. The highest BCUT2D eigenvalue weighted by atomic mass is 32.1. The van der Waals surface area contributed by atoms with Crippen molar-refractivity contribution >= 4 is 34.0 Å². The Kier molecular flexibility index (Phi) is 5.63. The van der Waals surface area contributed by atoms with Gasteiger partial charge in [-0.3, -0.25) is 9.59 Å². The van der Waals surface area contributed by atoms with Gasteiger partial charge >= 0.3 is 0 Å². The summed E-state index contributed by atoms with van der Waals surface area (Å²) >= 11 is 1.34. The molecule has 2 amide bonds. The normalized spacial score (nSPS) is 16.2. The van der Waals surface area contributed by atoms with Crippen LogP contribution in [0.25, 0.3) is 0 Å².